The first kappa shape index (κ1) is 15.1. The van der Waals surface area contributed by atoms with E-state index >= 15 is 0 Å². The SMILES string of the molecule is C=C(c1ccccc1)N(Cc1ccc(C)cc1)c1ccccc1. The molecular formula is C22H21N. The number of rotatable bonds is 5. The van der Waals surface area contributed by atoms with Gasteiger partial charge in [0.2, 0.25) is 0 Å². The van der Waals surface area contributed by atoms with Crippen molar-refractivity contribution in [2.45, 2.75) is 13.5 Å². The van der Waals surface area contributed by atoms with Gasteiger partial charge in [0, 0.05) is 17.9 Å². The molecule has 0 aliphatic carbocycles. The van der Waals surface area contributed by atoms with Crippen LogP contribution in [0, 0.1) is 6.92 Å². The molecule has 0 aliphatic rings. The van der Waals surface area contributed by atoms with E-state index in [0.29, 0.717) is 0 Å². The summed E-state index contributed by atoms with van der Waals surface area (Å²) in [6, 6.07) is 29.4. The smallest absolute Gasteiger partial charge is 0.0481 e. The van der Waals surface area contributed by atoms with Crippen molar-refractivity contribution in [1.82, 2.24) is 0 Å². The van der Waals surface area contributed by atoms with Crippen molar-refractivity contribution in [2.24, 2.45) is 0 Å². The Labute approximate surface area is 138 Å². The summed E-state index contributed by atoms with van der Waals surface area (Å²) in [4.78, 5) is 2.26. The zero-order chi connectivity index (χ0) is 16.1. The summed E-state index contributed by atoms with van der Waals surface area (Å²) in [6.07, 6.45) is 0. The van der Waals surface area contributed by atoms with Gasteiger partial charge in [-0.3, -0.25) is 0 Å². The van der Waals surface area contributed by atoms with Crippen LogP contribution in [-0.4, -0.2) is 0 Å². The lowest BCUT2D eigenvalue weighted by molar-refractivity contribution is 0.983. The Bertz CT molecular complexity index is 758. The normalized spacial score (nSPS) is 10.3. The van der Waals surface area contributed by atoms with Gasteiger partial charge in [0.25, 0.3) is 0 Å². The molecule has 23 heavy (non-hydrogen) atoms. The number of anilines is 1. The number of benzene rings is 3. The molecule has 1 heteroatoms. The van der Waals surface area contributed by atoms with Gasteiger partial charge in [-0.1, -0.05) is 84.9 Å². The van der Waals surface area contributed by atoms with E-state index < -0.39 is 0 Å². The fourth-order valence-corrected chi connectivity index (χ4v) is 2.61. The van der Waals surface area contributed by atoms with Crippen LogP contribution >= 0.6 is 0 Å². The highest BCUT2D eigenvalue weighted by Gasteiger charge is 2.12. The number of hydrogen-bond donors (Lipinski definition) is 0. The van der Waals surface area contributed by atoms with Crippen LogP contribution < -0.4 is 4.90 Å². The van der Waals surface area contributed by atoms with Crippen molar-refractivity contribution in [3.8, 4) is 0 Å². The second kappa shape index (κ2) is 6.97. The highest BCUT2D eigenvalue weighted by atomic mass is 15.1. The van der Waals surface area contributed by atoms with Gasteiger partial charge in [0.1, 0.15) is 0 Å². The molecule has 0 aliphatic heterocycles. The maximum Gasteiger partial charge on any atom is 0.0481 e. The largest absolute Gasteiger partial charge is 0.337 e. The van der Waals surface area contributed by atoms with Crippen LogP contribution in [0.25, 0.3) is 5.70 Å². The molecule has 0 radical (unpaired) electrons. The fraction of sp³-hybridized carbons (Fsp3) is 0.0909. The van der Waals surface area contributed by atoms with Gasteiger partial charge in [0.15, 0.2) is 0 Å². The van der Waals surface area contributed by atoms with Gasteiger partial charge in [-0.05, 0) is 30.2 Å². The highest BCUT2D eigenvalue weighted by Crippen LogP contribution is 2.27. The summed E-state index contributed by atoms with van der Waals surface area (Å²) >= 11 is 0. The predicted molar refractivity (Wildman–Crippen MR) is 99.3 cm³/mol. The first-order valence-corrected chi connectivity index (χ1v) is 7.86. The van der Waals surface area contributed by atoms with Crippen LogP contribution in [0.2, 0.25) is 0 Å². The molecule has 114 valence electrons. The van der Waals surface area contributed by atoms with Gasteiger partial charge in [-0.15, -0.1) is 0 Å². The molecule has 0 saturated carbocycles. The van der Waals surface area contributed by atoms with Crippen LogP contribution in [0.5, 0.6) is 0 Å². The molecule has 0 saturated heterocycles. The van der Waals surface area contributed by atoms with Crippen LogP contribution in [0.1, 0.15) is 16.7 Å². The van der Waals surface area contributed by atoms with Crippen molar-refractivity contribution < 1.29 is 0 Å². The Morgan fingerprint density at radius 1 is 0.783 bits per heavy atom. The Hall–Kier alpha value is -2.80. The molecule has 0 fully saturated rings. The first-order chi connectivity index (χ1) is 11.2. The predicted octanol–water partition coefficient (Wildman–Crippen LogP) is 5.67. The maximum atomic E-state index is 4.34. The lowest BCUT2D eigenvalue weighted by Crippen LogP contribution is -2.20. The van der Waals surface area contributed by atoms with E-state index in [1.165, 1.54) is 11.1 Å². The molecule has 0 amide bonds. The van der Waals surface area contributed by atoms with E-state index in [2.05, 4.69) is 91.2 Å². The molecular weight excluding hydrogens is 278 g/mol. The minimum absolute atomic E-state index is 0.804. The second-order valence-electron chi connectivity index (χ2n) is 5.72. The summed E-state index contributed by atoms with van der Waals surface area (Å²) in [6.45, 7) is 7.26. The van der Waals surface area contributed by atoms with Crippen molar-refractivity contribution >= 4 is 11.4 Å². The Morgan fingerprint density at radius 2 is 1.35 bits per heavy atom. The second-order valence-corrected chi connectivity index (χ2v) is 5.72. The van der Waals surface area contributed by atoms with Gasteiger partial charge >= 0.3 is 0 Å². The molecule has 3 aromatic rings. The third-order valence-electron chi connectivity index (χ3n) is 3.96. The lowest BCUT2D eigenvalue weighted by Gasteiger charge is -2.27. The number of aryl methyl sites for hydroxylation is 1. The third-order valence-corrected chi connectivity index (χ3v) is 3.96. The quantitative estimate of drug-likeness (QED) is 0.586. The highest BCUT2D eigenvalue weighted by molar-refractivity contribution is 5.77. The van der Waals surface area contributed by atoms with E-state index in [-0.39, 0.29) is 0 Å². The van der Waals surface area contributed by atoms with E-state index in [9.17, 15) is 0 Å². The van der Waals surface area contributed by atoms with Crippen molar-refractivity contribution in [2.75, 3.05) is 4.90 Å². The molecule has 0 heterocycles. The maximum absolute atomic E-state index is 4.34. The monoisotopic (exact) mass is 299 g/mol. The molecule has 0 bridgehead atoms. The molecule has 0 N–H and O–H groups in total. The zero-order valence-corrected chi connectivity index (χ0v) is 13.4. The summed E-state index contributed by atoms with van der Waals surface area (Å²) in [5, 5.41) is 0. The van der Waals surface area contributed by atoms with Crippen LogP contribution in [0.4, 0.5) is 5.69 Å². The first-order valence-electron chi connectivity index (χ1n) is 7.86. The molecule has 0 spiro atoms. The van der Waals surface area contributed by atoms with Crippen molar-refractivity contribution in [1.29, 1.82) is 0 Å². The number of hydrogen-bond acceptors (Lipinski definition) is 1. The summed E-state index contributed by atoms with van der Waals surface area (Å²) in [7, 11) is 0. The van der Waals surface area contributed by atoms with E-state index in [1.807, 2.05) is 12.1 Å². The fourth-order valence-electron chi connectivity index (χ4n) is 2.61. The molecule has 3 aromatic carbocycles. The van der Waals surface area contributed by atoms with Crippen LogP contribution in [0.3, 0.4) is 0 Å². The summed E-state index contributed by atoms with van der Waals surface area (Å²) in [5.74, 6) is 0. The summed E-state index contributed by atoms with van der Waals surface area (Å²) < 4.78 is 0. The number of nitrogens with zero attached hydrogens (tertiary/aromatic N) is 1. The van der Waals surface area contributed by atoms with Gasteiger partial charge in [-0.2, -0.15) is 0 Å². The standard InChI is InChI=1S/C22H21N/c1-18-13-15-20(16-14-18)17-23(22-11-7-4-8-12-22)19(2)21-9-5-3-6-10-21/h3-16H,2,17H2,1H3. The lowest BCUT2D eigenvalue weighted by atomic mass is 10.1. The molecule has 1 nitrogen and oxygen atoms in total. The molecule has 0 atom stereocenters. The topological polar surface area (TPSA) is 3.24 Å². The third kappa shape index (κ3) is 3.70. The molecule has 0 unspecified atom stereocenters. The Kier molecular flexibility index (Phi) is 4.58. The van der Waals surface area contributed by atoms with E-state index in [1.54, 1.807) is 0 Å². The van der Waals surface area contributed by atoms with Gasteiger partial charge in [-0.25, -0.2) is 0 Å². The van der Waals surface area contributed by atoms with Crippen LogP contribution in [0.15, 0.2) is 91.5 Å². The minimum Gasteiger partial charge on any atom is -0.337 e. The van der Waals surface area contributed by atoms with E-state index in [0.717, 1.165) is 23.5 Å². The minimum atomic E-state index is 0.804. The summed E-state index contributed by atoms with van der Waals surface area (Å²) in [5.41, 5.74) is 5.86. The number of para-hydroxylation sites is 1. The average molecular weight is 299 g/mol. The Morgan fingerprint density at radius 3 is 1.96 bits per heavy atom. The van der Waals surface area contributed by atoms with E-state index in [4.69, 9.17) is 0 Å². The molecule has 0 aromatic heterocycles. The zero-order valence-electron chi connectivity index (χ0n) is 13.4. The van der Waals surface area contributed by atoms with Gasteiger partial charge < -0.3 is 4.90 Å². The van der Waals surface area contributed by atoms with Gasteiger partial charge in [0.05, 0.1) is 0 Å². The molecule has 3 rings (SSSR count). The Balaban J connectivity index is 1.94. The van der Waals surface area contributed by atoms with Crippen molar-refractivity contribution in [3.63, 3.8) is 0 Å². The average Bonchev–Trinajstić information content (AvgIpc) is 2.62. The van der Waals surface area contributed by atoms with Crippen molar-refractivity contribution in [3.05, 3.63) is 108 Å². The van der Waals surface area contributed by atoms with Crippen LogP contribution in [-0.2, 0) is 6.54 Å².